The second-order valence-electron chi connectivity index (χ2n) is 7.29. The summed E-state index contributed by atoms with van der Waals surface area (Å²) in [4.78, 5) is 12.8. The molecule has 1 aliphatic rings. The molecule has 1 N–H and O–H groups in total. The molecule has 0 atom stereocenters. The van der Waals surface area contributed by atoms with Gasteiger partial charge in [0.25, 0.3) is 11.7 Å². The lowest BCUT2D eigenvalue weighted by Gasteiger charge is -2.11. The van der Waals surface area contributed by atoms with Crippen LogP contribution in [0.25, 0.3) is 11.3 Å². The zero-order valence-corrected chi connectivity index (χ0v) is 17.1. The zero-order chi connectivity index (χ0) is 20.4. The topological polar surface area (TPSA) is 56.4 Å². The Morgan fingerprint density at radius 3 is 2.66 bits per heavy atom. The summed E-state index contributed by atoms with van der Waals surface area (Å²) in [6, 6.07) is 13.9. The molecule has 0 fully saturated rings. The number of carbonyl (C=O) groups is 1. The third-order valence-electron chi connectivity index (χ3n) is 5.34. The Bertz CT molecular complexity index is 1040. The Morgan fingerprint density at radius 2 is 1.93 bits per heavy atom. The molecule has 0 saturated heterocycles. The molecule has 2 heterocycles. The number of aryl methyl sites for hydroxylation is 1. The largest absolute Gasteiger partial charge is 0.497 e. The van der Waals surface area contributed by atoms with E-state index in [1.165, 1.54) is 17.0 Å². The summed E-state index contributed by atoms with van der Waals surface area (Å²) in [6.45, 7) is 3.32. The Balaban J connectivity index is 1.58. The van der Waals surface area contributed by atoms with Gasteiger partial charge < -0.3 is 14.8 Å². The van der Waals surface area contributed by atoms with Crippen molar-refractivity contribution in [3.8, 4) is 22.8 Å². The fraction of sp³-hybridized carbons (Fsp3) is 0.304. The first-order valence-corrected chi connectivity index (χ1v) is 9.80. The number of nitrogens with one attached hydrogen (secondary N) is 1. The number of imidazole rings is 1. The molecule has 4 rings (SSSR count). The lowest BCUT2D eigenvalue weighted by molar-refractivity contribution is -0.690. The van der Waals surface area contributed by atoms with Gasteiger partial charge in [-0.1, -0.05) is 29.8 Å². The maximum absolute atomic E-state index is 12.8. The van der Waals surface area contributed by atoms with Crippen molar-refractivity contribution in [3.05, 3.63) is 60.0 Å². The first-order valence-electron chi connectivity index (χ1n) is 9.80. The molecule has 150 valence electrons. The summed E-state index contributed by atoms with van der Waals surface area (Å²) in [5, 5.41) is 2.96. The van der Waals surface area contributed by atoms with E-state index in [0.717, 1.165) is 25.1 Å². The maximum Gasteiger partial charge on any atom is 0.266 e. The Morgan fingerprint density at radius 1 is 1.14 bits per heavy atom. The van der Waals surface area contributed by atoms with Crippen LogP contribution >= 0.6 is 0 Å². The second-order valence-corrected chi connectivity index (χ2v) is 7.29. The van der Waals surface area contributed by atoms with E-state index in [1.54, 1.807) is 32.4 Å². The highest BCUT2D eigenvalue weighted by Crippen LogP contribution is 2.29. The van der Waals surface area contributed by atoms with Crippen LogP contribution in [0, 0.1) is 6.92 Å². The van der Waals surface area contributed by atoms with Gasteiger partial charge in [0, 0.05) is 11.6 Å². The normalized spacial score (nSPS) is 12.5. The third kappa shape index (κ3) is 3.83. The monoisotopic (exact) mass is 392 g/mol. The van der Waals surface area contributed by atoms with E-state index in [4.69, 9.17) is 9.47 Å². The van der Waals surface area contributed by atoms with E-state index in [1.807, 2.05) is 0 Å². The van der Waals surface area contributed by atoms with E-state index < -0.39 is 0 Å². The van der Waals surface area contributed by atoms with Crippen LogP contribution in [0.2, 0.25) is 0 Å². The first kappa shape index (κ1) is 19.1. The lowest BCUT2D eigenvalue weighted by Crippen LogP contribution is -2.42. The molecule has 29 heavy (non-hydrogen) atoms. The summed E-state index contributed by atoms with van der Waals surface area (Å²) in [6.07, 6.45) is 4.16. The van der Waals surface area contributed by atoms with Crippen molar-refractivity contribution in [1.82, 2.24) is 4.57 Å². The van der Waals surface area contributed by atoms with Crippen molar-refractivity contribution in [2.24, 2.45) is 0 Å². The van der Waals surface area contributed by atoms with Gasteiger partial charge in [-0.25, -0.2) is 9.13 Å². The highest BCUT2D eigenvalue weighted by atomic mass is 16.5. The Hall–Kier alpha value is -3.28. The standard InChI is InChI=1S/C23H25N3O3/c1-16-6-8-17(9-7-16)20-14-25(23-5-4-12-26(20)23)15-22(27)24-19-13-18(28-2)10-11-21(19)29-3/h6-11,13-14H,4-5,12,15H2,1-3H3/p+1. The highest BCUT2D eigenvalue weighted by Gasteiger charge is 2.29. The number of hydrogen-bond donors (Lipinski definition) is 1. The van der Waals surface area contributed by atoms with Crippen molar-refractivity contribution in [1.29, 1.82) is 0 Å². The van der Waals surface area contributed by atoms with Crippen molar-refractivity contribution in [2.45, 2.75) is 32.9 Å². The number of nitrogens with zero attached hydrogens (tertiary/aromatic N) is 2. The van der Waals surface area contributed by atoms with Crippen LogP contribution in [-0.2, 0) is 24.3 Å². The molecule has 0 radical (unpaired) electrons. The number of benzene rings is 2. The molecule has 1 aromatic heterocycles. The smallest absolute Gasteiger partial charge is 0.266 e. The summed E-state index contributed by atoms with van der Waals surface area (Å²) in [5.41, 5.74) is 4.17. The van der Waals surface area contributed by atoms with Gasteiger partial charge in [-0.15, -0.1) is 0 Å². The van der Waals surface area contributed by atoms with Crippen LogP contribution in [0.5, 0.6) is 11.5 Å². The minimum atomic E-state index is -0.0997. The highest BCUT2D eigenvalue weighted by molar-refractivity contribution is 5.91. The van der Waals surface area contributed by atoms with E-state index in [9.17, 15) is 4.79 Å². The average Bonchev–Trinajstić information content (AvgIpc) is 3.32. The molecular formula is C23H26N3O3+. The number of carbonyl (C=O) groups excluding carboxylic acids is 1. The van der Waals surface area contributed by atoms with E-state index >= 15 is 0 Å². The van der Waals surface area contributed by atoms with Gasteiger partial charge >= 0.3 is 0 Å². The minimum Gasteiger partial charge on any atom is -0.497 e. The summed E-state index contributed by atoms with van der Waals surface area (Å²) < 4.78 is 15.0. The van der Waals surface area contributed by atoms with Crippen LogP contribution < -0.4 is 19.4 Å². The van der Waals surface area contributed by atoms with Gasteiger partial charge in [-0.05, 0) is 25.5 Å². The number of rotatable bonds is 6. The predicted molar refractivity (Wildman–Crippen MR) is 111 cm³/mol. The summed E-state index contributed by atoms with van der Waals surface area (Å²) in [5.74, 6) is 2.36. The van der Waals surface area contributed by atoms with E-state index in [-0.39, 0.29) is 12.5 Å². The maximum atomic E-state index is 12.8. The number of amides is 1. The van der Waals surface area contributed by atoms with Crippen molar-refractivity contribution >= 4 is 11.6 Å². The molecule has 2 aromatic carbocycles. The molecular weight excluding hydrogens is 366 g/mol. The SMILES string of the molecule is COc1ccc(OC)c(NC(=O)C[n+]2cc(-c3ccc(C)cc3)n3c2CCC3)c1. The van der Waals surface area contributed by atoms with Crippen LogP contribution in [0.1, 0.15) is 17.8 Å². The van der Waals surface area contributed by atoms with Gasteiger partial charge in [0.1, 0.15) is 17.7 Å². The molecule has 0 saturated carbocycles. The number of methoxy groups -OCH3 is 2. The zero-order valence-electron chi connectivity index (χ0n) is 17.1. The van der Waals surface area contributed by atoms with Crippen molar-refractivity contribution in [2.75, 3.05) is 19.5 Å². The van der Waals surface area contributed by atoms with Crippen LogP contribution in [-0.4, -0.2) is 24.7 Å². The minimum absolute atomic E-state index is 0.0997. The van der Waals surface area contributed by atoms with Crippen molar-refractivity contribution < 1.29 is 18.8 Å². The fourth-order valence-corrected chi connectivity index (χ4v) is 3.86. The molecule has 0 bridgehead atoms. The van der Waals surface area contributed by atoms with Gasteiger partial charge in [0.05, 0.1) is 32.9 Å². The number of fused-ring (bicyclic) bond motifs is 1. The van der Waals surface area contributed by atoms with Crippen LogP contribution in [0.4, 0.5) is 5.69 Å². The molecule has 0 aliphatic carbocycles. The van der Waals surface area contributed by atoms with Crippen LogP contribution in [0.15, 0.2) is 48.7 Å². The first-order chi connectivity index (χ1) is 14.1. The van der Waals surface area contributed by atoms with E-state index in [0.29, 0.717) is 17.2 Å². The molecule has 0 spiro atoms. The Labute approximate surface area is 170 Å². The van der Waals surface area contributed by atoms with E-state index in [2.05, 4.69) is 51.8 Å². The van der Waals surface area contributed by atoms with Gasteiger partial charge in [0.15, 0.2) is 12.2 Å². The molecule has 6 nitrogen and oxygen atoms in total. The summed E-state index contributed by atoms with van der Waals surface area (Å²) >= 11 is 0. The quantitative estimate of drug-likeness (QED) is 0.655. The van der Waals surface area contributed by atoms with Gasteiger partial charge in [-0.2, -0.15) is 0 Å². The molecule has 1 amide bonds. The third-order valence-corrected chi connectivity index (χ3v) is 5.34. The molecule has 6 heteroatoms. The number of aromatic nitrogens is 2. The lowest BCUT2D eigenvalue weighted by atomic mass is 10.1. The van der Waals surface area contributed by atoms with Gasteiger partial charge in [-0.3, -0.25) is 4.79 Å². The number of ether oxygens (including phenoxy) is 2. The second kappa shape index (κ2) is 7.99. The molecule has 3 aromatic rings. The summed E-state index contributed by atoms with van der Waals surface area (Å²) in [7, 11) is 3.18. The number of anilines is 1. The average molecular weight is 392 g/mol. The Kier molecular flexibility index (Phi) is 5.25. The fourth-order valence-electron chi connectivity index (χ4n) is 3.86. The van der Waals surface area contributed by atoms with Gasteiger partial charge in [0.2, 0.25) is 0 Å². The van der Waals surface area contributed by atoms with Crippen molar-refractivity contribution in [3.63, 3.8) is 0 Å². The molecule has 0 unspecified atom stereocenters. The predicted octanol–water partition coefficient (Wildman–Crippen LogP) is 3.35. The molecule has 1 aliphatic heterocycles. The number of hydrogen-bond acceptors (Lipinski definition) is 3. The van der Waals surface area contributed by atoms with Crippen LogP contribution in [0.3, 0.4) is 0 Å².